The number of aromatic carboxylic acids is 1. The number of aromatic nitrogens is 3. The number of halogens is 1. The summed E-state index contributed by atoms with van der Waals surface area (Å²) in [7, 11) is 0. The first-order valence-corrected chi connectivity index (χ1v) is 5.07. The first kappa shape index (κ1) is 11.3. The van der Waals surface area contributed by atoms with Gasteiger partial charge in [0.1, 0.15) is 5.82 Å². The van der Waals surface area contributed by atoms with Gasteiger partial charge < -0.3 is 5.11 Å². The molecule has 1 aromatic carbocycles. The van der Waals surface area contributed by atoms with E-state index in [0.717, 1.165) is 4.68 Å². The molecule has 2 rings (SSSR count). The summed E-state index contributed by atoms with van der Waals surface area (Å²) in [5, 5.41) is 16.6. The predicted octanol–water partition coefficient (Wildman–Crippen LogP) is 1.67. The highest BCUT2D eigenvalue weighted by Crippen LogP contribution is 2.14. The van der Waals surface area contributed by atoms with Crippen LogP contribution >= 0.6 is 0 Å². The Morgan fingerprint density at radius 1 is 1.53 bits per heavy atom. The molecule has 0 bridgehead atoms. The van der Waals surface area contributed by atoms with E-state index >= 15 is 0 Å². The Labute approximate surface area is 96.5 Å². The van der Waals surface area contributed by atoms with Gasteiger partial charge in [-0.25, -0.2) is 13.9 Å². The van der Waals surface area contributed by atoms with Crippen LogP contribution in [0.25, 0.3) is 5.69 Å². The zero-order valence-corrected chi connectivity index (χ0v) is 9.09. The van der Waals surface area contributed by atoms with Crippen LogP contribution in [0, 0.1) is 5.82 Å². The largest absolute Gasteiger partial charge is 0.476 e. The summed E-state index contributed by atoms with van der Waals surface area (Å²) in [6.07, 6.45) is 0.455. The standard InChI is InChI=1S/C11H10FN3O2/c1-2-9-10(11(16)17)15(14-13-9)8-5-3-4-7(12)6-8/h3-6H,2H2,1H3,(H,16,17). The minimum Gasteiger partial charge on any atom is -0.476 e. The van der Waals surface area contributed by atoms with Crippen LogP contribution in [0.1, 0.15) is 23.1 Å². The molecule has 0 aliphatic heterocycles. The van der Waals surface area contributed by atoms with E-state index in [2.05, 4.69) is 10.3 Å². The minimum absolute atomic E-state index is 0.0295. The molecule has 0 aliphatic carbocycles. The van der Waals surface area contributed by atoms with Gasteiger partial charge in [-0.15, -0.1) is 5.10 Å². The van der Waals surface area contributed by atoms with Crippen molar-refractivity contribution in [3.05, 3.63) is 41.5 Å². The molecule has 0 saturated carbocycles. The number of carbonyl (C=O) groups is 1. The number of benzene rings is 1. The lowest BCUT2D eigenvalue weighted by Crippen LogP contribution is -2.10. The van der Waals surface area contributed by atoms with Crippen molar-refractivity contribution in [2.45, 2.75) is 13.3 Å². The van der Waals surface area contributed by atoms with Gasteiger partial charge in [-0.05, 0) is 24.6 Å². The van der Waals surface area contributed by atoms with Crippen molar-refractivity contribution in [2.75, 3.05) is 0 Å². The first-order valence-electron chi connectivity index (χ1n) is 5.07. The first-order chi connectivity index (χ1) is 8.13. The molecule has 0 fully saturated rings. The lowest BCUT2D eigenvalue weighted by Gasteiger charge is -2.03. The maximum absolute atomic E-state index is 13.1. The maximum Gasteiger partial charge on any atom is 0.356 e. The molecule has 17 heavy (non-hydrogen) atoms. The van der Waals surface area contributed by atoms with Crippen LogP contribution in [-0.2, 0) is 6.42 Å². The molecular formula is C11H10FN3O2. The van der Waals surface area contributed by atoms with Gasteiger partial charge in [-0.1, -0.05) is 18.2 Å². The smallest absolute Gasteiger partial charge is 0.356 e. The van der Waals surface area contributed by atoms with Crippen LogP contribution in [-0.4, -0.2) is 26.1 Å². The third-order valence-electron chi connectivity index (χ3n) is 2.33. The van der Waals surface area contributed by atoms with Gasteiger partial charge in [0, 0.05) is 0 Å². The molecule has 0 atom stereocenters. The Balaban J connectivity index is 2.60. The predicted molar refractivity (Wildman–Crippen MR) is 57.7 cm³/mol. The molecule has 0 saturated heterocycles. The zero-order valence-electron chi connectivity index (χ0n) is 9.09. The van der Waals surface area contributed by atoms with Crippen LogP contribution in [0.5, 0.6) is 0 Å². The quantitative estimate of drug-likeness (QED) is 0.878. The number of hydrogen-bond acceptors (Lipinski definition) is 3. The average Bonchev–Trinajstić information content (AvgIpc) is 2.72. The van der Waals surface area contributed by atoms with Crippen LogP contribution in [0.4, 0.5) is 4.39 Å². The van der Waals surface area contributed by atoms with Gasteiger partial charge in [-0.2, -0.15) is 0 Å². The molecule has 0 radical (unpaired) electrons. The molecule has 2 aromatic rings. The number of nitrogens with zero attached hydrogens (tertiary/aromatic N) is 3. The van der Waals surface area contributed by atoms with E-state index in [1.165, 1.54) is 18.2 Å². The summed E-state index contributed by atoms with van der Waals surface area (Å²) in [6.45, 7) is 1.78. The van der Waals surface area contributed by atoms with Crippen molar-refractivity contribution in [1.82, 2.24) is 15.0 Å². The molecule has 0 unspecified atom stereocenters. The summed E-state index contributed by atoms with van der Waals surface area (Å²) in [5.74, 6) is -1.58. The van der Waals surface area contributed by atoms with E-state index in [4.69, 9.17) is 5.11 Å². The van der Waals surface area contributed by atoms with Crippen molar-refractivity contribution in [1.29, 1.82) is 0 Å². The molecule has 0 amide bonds. The van der Waals surface area contributed by atoms with Crippen LogP contribution in [0.15, 0.2) is 24.3 Å². The molecule has 6 heteroatoms. The number of carboxylic acid groups (broad SMARTS) is 1. The summed E-state index contributed by atoms with van der Waals surface area (Å²) in [4.78, 5) is 11.1. The van der Waals surface area contributed by atoms with Crippen LogP contribution in [0.2, 0.25) is 0 Å². The molecule has 5 nitrogen and oxygen atoms in total. The van der Waals surface area contributed by atoms with Crippen molar-refractivity contribution >= 4 is 5.97 Å². The highest BCUT2D eigenvalue weighted by molar-refractivity contribution is 5.87. The van der Waals surface area contributed by atoms with Gasteiger partial charge in [-0.3, -0.25) is 0 Å². The maximum atomic E-state index is 13.1. The second-order valence-corrected chi connectivity index (χ2v) is 3.44. The Morgan fingerprint density at radius 2 is 2.29 bits per heavy atom. The highest BCUT2D eigenvalue weighted by Gasteiger charge is 2.19. The molecule has 0 aliphatic rings. The molecular weight excluding hydrogens is 225 g/mol. The second kappa shape index (κ2) is 4.32. The Morgan fingerprint density at radius 3 is 2.88 bits per heavy atom. The zero-order chi connectivity index (χ0) is 12.4. The van der Waals surface area contributed by atoms with E-state index < -0.39 is 11.8 Å². The topological polar surface area (TPSA) is 68.0 Å². The number of aryl methyl sites for hydroxylation is 1. The normalized spacial score (nSPS) is 10.5. The summed E-state index contributed by atoms with van der Waals surface area (Å²) in [5.41, 5.74) is 0.689. The van der Waals surface area contributed by atoms with Gasteiger partial charge in [0.2, 0.25) is 0 Å². The molecule has 88 valence electrons. The lowest BCUT2D eigenvalue weighted by atomic mass is 10.2. The van der Waals surface area contributed by atoms with E-state index in [0.29, 0.717) is 17.8 Å². The van der Waals surface area contributed by atoms with E-state index in [1.54, 1.807) is 13.0 Å². The van der Waals surface area contributed by atoms with Gasteiger partial charge >= 0.3 is 5.97 Å². The molecule has 0 spiro atoms. The van der Waals surface area contributed by atoms with Crippen molar-refractivity contribution in [3.8, 4) is 5.69 Å². The number of rotatable bonds is 3. The third kappa shape index (κ3) is 2.01. The molecule has 1 aromatic heterocycles. The van der Waals surface area contributed by atoms with Crippen LogP contribution in [0.3, 0.4) is 0 Å². The lowest BCUT2D eigenvalue weighted by molar-refractivity contribution is 0.0685. The fraction of sp³-hybridized carbons (Fsp3) is 0.182. The van der Waals surface area contributed by atoms with Crippen LogP contribution < -0.4 is 0 Å². The fourth-order valence-electron chi connectivity index (χ4n) is 1.55. The summed E-state index contributed by atoms with van der Waals surface area (Å²) >= 11 is 0. The third-order valence-corrected chi connectivity index (χ3v) is 2.33. The Bertz CT molecular complexity index is 566. The number of carboxylic acids is 1. The highest BCUT2D eigenvalue weighted by atomic mass is 19.1. The SMILES string of the molecule is CCc1nnn(-c2cccc(F)c2)c1C(=O)O. The average molecular weight is 235 g/mol. The van der Waals surface area contributed by atoms with Gasteiger partial charge in [0.05, 0.1) is 11.4 Å². The summed E-state index contributed by atoms with van der Waals surface area (Å²) < 4.78 is 14.2. The Hall–Kier alpha value is -2.24. The molecule has 1 N–H and O–H groups in total. The Kier molecular flexibility index (Phi) is 2.86. The summed E-state index contributed by atoms with van der Waals surface area (Å²) in [6, 6.07) is 5.55. The van der Waals surface area contributed by atoms with Gasteiger partial charge in [0.15, 0.2) is 5.69 Å². The fourth-order valence-corrected chi connectivity index (χ4v) is 1.55. The number of hydrogen-bond donors (Lipinski definition) is 1. The van der Waals surface area contributed by atoms with E-state index in [-0.39, 0.29) is 5.69 Å². The van der Waals surface area contributed by atoms with E-state index in [1.807, 2.05) is 0 Å². The van der Waals surface area contributed by atoms with Crippen molar-refractivity contribution < 1.29 is 14.3 Å². The van der Waals surface area contributed by atoms with Crippen molar-refractivity contribution in [2.24, 2.45) is 0 Å². The minimum atomic E-state index is -1.13. The van der Waals surface area contributed by atoms with Crippen molar-refractivity contribution in [3.63, 3.8) is 0 Å². The second-order valence-electron chi connectivity index (χ2n) is 3.44. The van der Waals surface area contributed by atoms with E-state index in [9.17, 15) is 9.18 Å². The molecule has 1 heterocycles. The monoisotopic (exact) mass is 235 g/mol. The van der Waals surface area contributed by atoms with Gasteiger partial charge in [0.25, 0.3) is 0 Å².